The van der Waals surface area contributed by atoms with E-state index >= 15 is 0 Å². The Morgan fingerprint density at radius 1 is 1.67 bits per heavy atom. The molecule has 0 aromatic carbocycles. The summed E-state index contributed by atoms with van der Waals surface area (Å²) < 4.78 is 4.79. The number of nitrogens with two attached hydrogens (primary N) is 1. The van der Waals surface area contributed by atoms with E-state index in [1.165, 1.54) is 25.4 Å². The number of methoxy groups -OCH3 is 1. The minimum absolute atomic E-state index is 0. The van der Waals surface area contributed by atoms with Crippen LogP contribution in [0.4, 0.5) is 0 Å². The fourth-order valence-electron chi connectivity index (χ4n) is 0.674. The second-order valence-electron chi connectivity index (χ2n) is 1.95. The van der Waals surface area contributed by atoms with Gasteiger partial charge in [0.2, 0.25) is 11.8 Å². The molecule has 1 rings (SSSR count). The maximum atomic E-state index is 10.6. The fourth-order valence-corrected chi connectivity index (χ4v) is 0.674. The molecule has 1 heterocycles. The van der Waals surface area contributed by atoms with E-state index in [-0.39, 0.29) is 18.9 Å². The molecule has 2 N–H and O–H groups in total. The van der Waals surface area contributed by atoms with Crippen molar-refractivity contribution in [2.24, 2.45) is 5.73 Å². The van der Waals surface area contributed by atoms with E-state index in [2.05, 4.69) is 4.98 Å². The third kappa shape index (κ3) is 2.57. The molecule has 0 spiro atoms. The van der Waals surface area contributed by atoms with Crippen LogP contribution in [0.25, 0.3) is 0 Å². The van der Waals surface area contributed by atoms with Crippen LogP contribution in [-0.2, 0) is 0 Å². The van der Waals surface area contributed by atoms with Crippen LogP contribution in [-0.4, -0.2) is 36.9 Å². The van der Waals surface area contributed by atoms with Crippen LogP contribution in [0.3, 0.4) is 0 Å². The summed E-state index contributed by atoms with van der Waals surface area (Å²) in [5, 5.41) is 0. The van der Waals surface area contributed by atoms with Gasteiger partial charge in [0.1, 0.15) is 0 Å². The molecule has 0 fully saturated rings. The second-order valence-corrected chi connectivity index (χ2v) is 1.95. The Morgan fingerprint density at radius 2 is 2.33 bits per heavy atom. The van der Waals surface area contributed by atoms with Gasteiger partial charge >= 0.3 is 18.9 Å². The Morgan fingerprint density at radius 3 is 2.83 bits per heavy atom. The number of aromatic nitrogens is 1. The number of ether oxygens (including phenoxy) is 1. The van der Waals surface area contributed by atoms with Crippen LogP contribution < -0.4 is 10.5 Å². The van der Waals surface area contributed by atoms with E-state index in [0.717, 1.165) is 0 Å². The van der Waals surface area contributed by atoms with Gasteiger partial charge in [0.15, 0.2) is 0 Å². The van der Waals surface area contributed by atoms with Crippen LogP contribution >= 0.6 is 0 Å². The first kappa shape index (κ1) is 11.0. The molecular weight excluding hydrogens is 151 g/mol. The van der Waals surface area contributed by atoms with Crippen LogP contribution in [0.15, 0.2) is 18.3 Å². The molecule has 0 aliphatic heterocycles. The molecule has 0 atom stereocenters. The van der Waals surface area contributed by atoms with Gasteiger partial charge in [-0.3, -0.25) is 4.79 Å². The number of nitrogens with zero attached hydrogens (tertiary/aromatic N) is 1. The Hall–Kier alpha value is -0.983. The molecule has 0 aliphatic rings. The zero-order valence-corrected chi connectivity index (χ0v) is 6.07. The van der Waals surface area contributed by atoms with Crippen molar-refractivity contribution < 1.29 is 9.53 Å². The molecule has 4 nitrogen and oxygen atoms in total. The van der Waals surface area contributed by atoms with Gasteiger partial charge in [0.25, 0.3) is 0 Å². The topological polar surface area (TPSA) is 65.2 Å². The van der Waals surface area contributed by atoms with Gasteiger partial charge in [0.05, 0.1) is 7.11 Å². The van der Waals surface area contributed by atoms with Crippen LogP contribution in [0.2, 0.25) is 0 Å². The number of hydrogen-bond donors (Lipinski definition) is 1. The van der Waals surface area contributed by atoms with Crippen molar-refractivity contribution in [2.75, 3.05) is 7.11 Å². The summed E-state index contributed by atoms with van der Waals surface area (Å²) in [6.45, 7) is 0. The third-order valence-electron chi connectivity index (χ3n) is 1.23. The Labute approximate surface area is 82.3 Å². The first-order chi connectivity index (χ1) is 5.24. The van der Waals surface area contributed by atoms with Gasteiger partial charge in [-0.25, -0.2) is 4.98 Å². The predicted molar refractivity (Wildman–Crippen MR) is 46.5 cm³/mol. The average Bonchev–Trinajstić information content (AvgIpc) is 2.05. The molecule has 12 heavy (non-hydrogen) atoms. The quantitative estimate of drug-likeness (QED) is 0.595. The van der Waals surface area contributed by atoms with Crippen LogP contribution in [0, 0.1) is 0 Å². The monoisotopic (exact) mass is 160 g/mol. The molecule has 1 aromatic rings. The summed E-state index contributed by atoms with van der Waals surface area (Å²) in [5.74, 6) is -0.0907. The van der Waals surface area contributed by atoms with Gasteiger partial charge in [-0.1, -0.05) is 0 Å². The first-order valence-electron chi connectivity index (χ1n) is 3.04. The first-order valence-corrected chi connectivity index (χ1v) is 3.04. The molecule has 0 bridgehead atoms. The average molecular weight is 160 g/mol. The standard InChI is InChI=1S/C7H8N2O2.Li.H/c1-11-6-4-5(7(8)10)2-3-9-6;;/h2-4H,1H3,(H2,8,10);;. The summed E-state index contributed by atoms with van der Waals surface area (Å²) in [7, 11) is 1.48. The van der Waals surface area contributed by atoms with Crippen molar-refractivity contribution in [3.63, 3.8) is 0 Å². The molecular formula is C7H9LiN2O2. The number of primary amides is 1. The summed E-state index contributed by atoms with van der Waals surface area (Å²) >= 11 is 0. The van der Waals surface area contributed by atoms with Gasteiger partial charge in [-0.2, -0.15) is 0 Å². The molecule has 0 radical (unpaired) electrons. The van der Waals surface area contributed by atoms with Gasteiger partial charge < -0.3 is 10.5 Å². The van der Waals surface area contributed by atoms with Gasteiger partial charge in [-0.05, 0) is 6.07 Å². The number of amides is 1. The molecule has 0 saturated heterocycles. The number of carbonyl (C=O) groups excluding carboxylic acids is 1. The van der Waals surface area contributed by atoms with E-state index in [1.807, 2.05) is 0 Å². The number of carbonyl (C=O) groups is 1. The normalized spacial score (nSPS) is 8.42. The van der Waals surface area contributed by atoms with Crippen molar-refractivity contribution in [3.8, 4) is 5.88 Å². The summed E-state index contributed by atoms with van der Waals surface area (Å²) in [6.07, 6.45) is 1.47. The van der Waals surface area contributed by atoms with Gasteiger partial charge in [-0.15, -0.1) is 0 Å². The molecule has 0 unspecified atom stereocenters. The minimum atomic E-state index is -0.481. The summed E-state index contributed by atoms with van der Waals surface area (Å²) in [4.78, 5) is 14.4. The molecule has 0 aliphatic carbocycles. The van der Waals surface area contributed by atoms with Crippen molar-refractivity contribution in [1.29, 1.82) is 0 Å². The zero-order chi connectivity index (χ0) is 8.27. The Bertz CT molecular complexity index is 278. The SMILES string of the molecule is COc1cc(C(N)=O)ccn1.[LiH]. The molecule has 60 valence electrons. The van der Waals surface area contributed by atoms with E-state index in [1.54, 1.807) is 0 Å². The van der Waals surface area contributed by atoms with E-state index in [9.17, 15) is 4.79 Å². The van der Waals surface area contributed by atoms with Crippen molar-refractivity contribution in [3.05, 3.63) is 23.9 Å². The van der Waals surface area contributed by atoms with E-state index in [0.29, 0.717) is 11.4 Å². The summed E-state index contributed by atoms with van der Waals surface area (Å²) in [5.41, 5.74) is 5.41. The van der Waals surface area contributed by atoms with E-state index in [4.69, 9.17) is 10.5 Å². The Kier molecular flexibility index (Phi) is 4.41. The molecule has 1 amide bonds. The number of hydrogen-bond acceptors (Lipinski definition) is 3. The summed E-state index contributed by atoms with van der Waals surface area (Å²) in [6, 6.07) is 3.02. The molecule has 0 saturated carbocycles. The fraction of sp³-hybridized carbons (Fsp3) is 0.143. The number of rotatable bonds is 2. The van der Waals surface area contributed by atoms with Crippen molar-refractivity contribution >= 4 is 24.8 Å². The van der Waals surface area contributed by atoms with Crippen LogP contribution in [0.1, 0.15) is 10.4 Å². The Balaban J connectivity index is 0.00000121. The van der Waals surface area contributed by atoms with Crippen molar-refractivity contribution in [1.82, 2.24) is 4.98 Å². The third-order valence-corrected chi connectivity index (χ3v) is 1.23. The second kappa shape index (κ2) is 4.81. The van der Waals surface area contributed by atoms with E-state index < -0.39 is 5.91 Å². The predicted octanol–water partition coefficient (Wildman–Crippen LogP) is -0.459. The van der Waals surface area contributed by atoms with Crippen molar-refractivity contribution in [2.45, 2.75) is 0 Å². The molecule has 5 heteroatoms. The number of pyridine rings is 1. The van der Waals surface area contributed by atoms with Crippen LogP contribution in [0.5, 0.6) is 5.88 Å². The zero-order valence-electron chi connectivity index (χ0n) is 6.07. The van der Waals surface area contributed by atoms with Gasteiger partial charge in [0, 0.05) is 17.8 Å². The molecule has 1 aromatic heterocycles. The maximum absolute atomic E-state index is 10.6.